The zero-order valence-corrected chi connectivity index (χ0v) is 13.0. The van der Waals surface area contributed by atoms with Crippen molar-refractivity contribution < 1.29 is 5.11 Å². The van der Waals surface area contributed by atoms with E-state index in [1.54, 1.807) is 24.3 Å². The highest BCUT2D eigenvalue weighted by Crippen LogP contribution is 2.28. The number of aliphatic hydroxyl groups excluding tert-OH is 1. The first-order valence-corrected chi connectivity index (χ1v) is 7.97. The van der Waals surface area contributed by atoms with Crippen LogP contribution in [-0.2, 0) is 0 Å². The van der Waals surface area contributed by atoms with Gasteiger partial charge in [0.25, 0.3) is 0 Å². The number of hydrogen-bond acceptors (Lipinski definition) is 4. The highest BCUT2D eigenvalue weighted by molar-refractivity contribution is 6.31. The van der Waals surface area contributed by atoms with Crippen molar-refractivity contribution in [2.24, 2.45) is 5.92 Å². The minimum absolute atomic E-state index is 0.365. The van der Waals surface area contributed by atoms with Crippen molar-refractivity contribution in [2.45, 2.75) is 31.8 Å². The fourth-order valence-electron chi connectivity index (χ4n) is 3.10. The Labute approximate surface area is 134 Å². The molecule has 1 atom stereocenters. The molecule has 0 radical (unpaired) electrons. The Hall–Kier alpha value is -1.83. The molecule has 1 aromatic heterocycles. The minimum Gasteiger partial charge on any atom is -0.391 e. The van der Waals surface area contributed by atoms with E-state index < -0.39 is 0 Å². The SMILES string of the molecule is N#Cc1cc(NCC(O)C2CCCC2)nc2ccc(Cl)cc12. The van der Waals surface area contributed by atoms with E-state index >= 15 is 0 Å². The molecule has 0 aliphatic heterocycles. The Morgan fingerprint density at radius 1 is 1.36 bits per heavy atom. The van der Waals surface area contributed by atoms with Crippen LogP contribution in [-0.4, -0.2) is 22.7 Å². The lowest BCUT2D eigenvalue weighted by Gasteiger charge is -2.18. The van der Waals surface area contributed by atoms with Gasteiger partial charge in [0.2, 0.25) is 0 Å². The smallest absolute Gasteiger partial charge is 0.128 e. The number of pyridine rings is 1. The number of aromatic nitrogens is 1. The monoisotopic (exact) mass is 315 g/mol. The van der Waals surface area contributed by atoms with Crippen LogP contribution in [0.2, 0.25) is 5.02 Å². The van der Waals surface area contributed by atoms with Gasteiger partial charge in [0.1, 0.15) is 5.82 Å². The second-order valence-corrected chi connectivity index (χ2v) is 6.26. The lowest BCUT2D eigenvalue weighted by atomic mass is 10.0. The molecule has 2 aromatic rings. The van der Waals surface area contributed by atoms with Crippen LogP contribution in [0.4, 0.5) is 5.82 Å². The fourth-order valence-corrected chi connectivity index (χ4v) is 3.27. The number of benzene rings is 1. The van der Waals surface area contributed by atoms with Gasteiger partial charge in [-0.25, -0.2) is 4.98 Å². The molecule has 22 heavy (non-hydrogen) atoms. The Bertz CT molecular complexity index is 720. The van der Waals surface area contributed by atoms with E-state index in [0.29, 0.717) is 28.9 Å². The van der Waals surface area contributed by atoms with Crippen molar-refractivity contribution in [1.82, 2.24) is 4.98 Å². The van der Waals surface area contributed by atoms with Crippen LogP contribution in [0, 0.1) is 17.2 Å². The number of rotatable bonds is 4. The average molecular weight is 316 g/mol. The fraction of sp³-hybridized carbons (Fsp3) is 0.412. The highest BCUT2D eigenvalue weighted by atomic mass is 35.5. The number of nitrogens with zero attached hydrogens (tertiary/aromatic N) is 2. The van der Waals surface area contributed by atoms with Gasteiger partial charge in [-0.3, -0.25) is 0 Å². The van der Waals surface area contributed by atoms with Crippen molar-refractivity contribution >= 4 is 28.3 Å². The summed E-state index contributed by atoms with van der Waals surface area (Å²) in [5.41, 5.74) is 1.26. The Balaban J connectivity index is 1.79. The molecular weight excluding hydrogens is 298 g/mol. The third-order valence-electron chi connectivity index (χ3n) is 4.33. The van der Waals surface area contributed by atoms with Gasteiger partial charge in [-0.1, -0.05) is 24.4 Å². The van der Waals surface area contributed by atoms with E-state index in [4.69, 9.17) is 11.6 Å². The third kappa shape index (κ3) is 3.16. The molecule has 0 spiro atoms. The number of halogens is 1. The average Bonchev–Trinajstić information content (AvgIpc) is 3.06. The van der Waals surface area contributed by atoms with Crippen LogP contribution in [0.1, 0.15) is 31.2 Å². The second kappa shape index (κ2) is 6.51. The molecule has 2 N–H and O–H groups in total. The molecule has 5 heteroatoms. The van der Waals surface area contributed by atoms with Gasteiger partial charge < -0.3 is 10.4 Å². The zero-order valence-electron chi connectivity index (χ0n) is 12.2. The van der Waals surface area contributed by atoms with Crippen LogP contribution < -0.4 is 5.32 Å². The predicted molar refractivity (Wildman–Crippen MR) is 87.9 cm³/mol. The molecule has 4 nitrogen and oxygen atoms in total. The molecule has 1 aliphatic carbocycles. The van der Waals surface area contributed by atoms with Gasteiger partial charge in [0.05, 0.1) is 23.3 Å². The summed E-state index contributed by atoms with van der Waals surface area (Å²) in [5, 5.41) is 24.0. The number of hydrogen-bond donors (Lipinski definition) is 2. The first-order chi connectivity index (χ1) is 10.7. The van der Waals surface area contributed by atoms with Crippen LogP contribution in [0.3, 0.4) is 0 Å². The molecule has 1 aliphatic rings. The molecule has 1 saturated carbocycles. The van der Waals surface area contributed by atoms with Crippen molar-refractivity contribution in [3.8, 4) is 6.07 Å². The summed E-state index contributed by atoms with van der Waals surface area (Å²) >= 11 is 5.98. The van der Waals surface area contributed by atoms with E-state index in [0.717, 1.165) is 23.7 Å². The predicted octanol–water partition coefficient (Wildman–Crippen LogP) is 3.72. The summed E-state index contributed by atoms with van der Waals surface area (Å²) in [7, 11) is 0. The topological polar surface area (TPSA) is 68.9 Å². The molecule has 1 unspecified atom stereocenters. The number of aliphatic hydroxyl groups is 1. The number of nitriles is 1. The standard InChI is InChI=1S/C17H18ClN3O/c18-13-5-6-15-14(8-13)12(9-19)7-17(21-15)20-10-16(22)11-3-1-2-4-11/h5-8,11,16,22H,1-4,10H2,(H,20,21). The molecule has 0 amide bonds. The molecule has 1 aromatic carbocycles. The molecule has 1 heterocycles. The maximum absolute atomic E-state index is 10.2. The largest absolute Gasteiger partial charge is 0.391 e. The summed E-state index contributed by atoms with van der Waals surface area (Å²) in [6.45, 7) is 0.460. The van der Waals surface area contributed by atoms with E-state index in [-0.39, 0.29) is 6.10 Å². The minimum atomic E-state index is -0.365. The molecule has 3 rings (SSSR count). The van der Waals surface area contributed by atoms with E-state index in [2.05, 4.69) is 16.4 Å². The van der Waals surface area contributed by atoms with Gasteiger partial charge in [0, 0.05) is 17.0 Å². The van der Waals surface area contributed by atoms with Crippen LogP contribution >= 0.6 is 11.6 Å². The molecule has 114 valence electrons. The Morgan fingerprint density at radius 2 is 2.14 bits per heavy atom. The summed E-state index contributed by atoms with van der Waals surface area (Å²) in [6.07, 6.45) is 4.23. The van der Waals surface area contributed by atoms with Crippen molar-refractivity contribution in [2.75, 3.05) is 11.9 Å². The van der Waals surface area contributed by atoms with Crippen LogP contribution in [0.25, 0.3) is 10.9 Å². The van der Waals surface area contributed by atoms with Crippen molar-refractivity contribution in [3.05, 3.63) is 34.9 Å². The quantitative estimate of drug-likeness (QED) is 0.902. The van der Waals surface area contributed by atoms with E-state index in [1.165, 1.54) is 12.8 Å². The lowest BCUT2D eigenvalue weighted by Crippen LogP contribution is -2.27. The second-order valence-electron chi connectivity index (χ2n) is 5.82. The number of fused-ring (bicyclic) bond motifs is 1. The molecule has 0 bridgehead atoms. The number of nitrogens with one attached hydrogen (secondary N) is 1. The van der Waals surface area contributed by atoms with E-state index in [1.807, 2.05) is 0 Å². The first kappa shape index (κ1) is 15.1. The molecule has 0 saturated heterocycles. The van der Waals surface area contributed by atoms with Gasteiger partial charge in [-0.2, -0.15) is 5.26 Å². The normalized spacial score (nSPS) is 16.6. The number of anilines is 1. The molecule has 1 fully saturated rings. The van der Waals surface area contributed by atoms with Gasteiger partial charge in [-0.05, 0) is 43.0 Å². The summed E-state index contributed by atoms with van der Waals surface area (Å²) in [6, 6.07) is 9.20. The lowest BCUT2D eigenvalue weighted by molar-refractivity contribution is 0.123. The van der Waals surface area contributed by atoms with Crippen LogP contribution in [0.15, 0.2) is 24.3 Å². The highest BCUT2D eigenvalue weighted by Gasteiger charge is 2.22. The molecular formula is C17H18ClN3O. The summed E-state index contributed by atoms with van der Waals surface area (Å²) < 4.78 is 0. The van der Waals surface area contributed by atoms with Crippen molar-refractivity contribution in [1.29, 1.82) is 5.26 Å². The Kier molecular flexibility index (Phi) is 4.47. The maximum atomic E-state index is 10.2. The van der Waals surface area contributed by atoms with Crippen molar-refractivity contribution in [3.63, 3.8) is 0 Å². The Morgan fingerprint density at radius 3 is 2.86 bits per heavy atom. The summed E-state index contributed by atoms with van der Waals surface area (Å²) in [4.78, 5) is 4.49. The zero-order chi connectivity index (χ0) is 15.5. The van der Waals surface area contributed by atoms with Gasteiger partial charge >= 0.3 is 0 Å². The van der Waals surface area contributed by atoms with Crippen LogP contribution in [0.5, 0.6) is 0 Å². The first-order valence-electron chi connectivity index (χ1n) is 7.60. The van der Waals surface area contributed by atoms with E-state index in [9.17, 15) is 10.4 Å². The summed E-state index contributed by atoms with van der Waals surface area (Å²) in [5.74, 6) is 0.991. The maximum Gasteiger partial charge on any atom is 0.128 e. The third-order valence-corrected chi connectivity index (χ3v) is 4.56. The van der Waals surface area contributed by atoms with Gasteiger partial charge in [0.15, 0.2) is 0 Å². The van der Waals surface area contributed by atoms with Gasteiger partial charge in [-0.15, -0.1) is 0 Å².